The number of fused-ring (bicyclic) bond motifs is 1. The van der Waals surface area contributed by atoms with Crippen LogP contribution in [0.2, 0.25) is 0 Å². The molecule has 0 aromatic heterocycles. The summed E-state index contributed by atoms with van der Waals surface area (Å²) < 4.78 is 15.8. The highest BCUT2D eigenvalue weighted by atomic mass is 16.5. The Morgan fingerprint density at radius 1 is 0.821 bits per heavy atom. The summed E-state index contributed by atoms with van der Waals surface area (Å²) in [6.45, 7) is 4.11. The van der Waals surface area contributed by atoms with Crippen molar-refractivity contribution in [3.63, 3.8) is 0 Å². The lowest BCUT2D eigenvalue weighted by Gasteiger charge is -2.09. The SMILES string of the molecule is COCc1ccc(C(=O)Oc2ccc3cc(C(=O)OC(C)C)ccc3c2)cc1. The van der Waals surface area contributed by atoms with Gasteiger partial charge in [0.05, 0.1) is 23.8 Å². The van der Waals surface area contributed by atoms with Gasteiger partial charge in [0.2, 0.25) is 0 Å². The van der Waals surface area contributed by atoms with Crippen molar-refractivity contribution in [3.8, 4) is 5.75 Å². The van der Waals surface area contributed by atoms with Gasteiger partial charge in [-0.1, -0.05) is 24.3 Å². The number of hydrogen-bond acceptors (Lipinski definition) is 5. The molecule has 0 saturated carbocycles. The Morgan fingerprint density at radius 2 is 1.46 bits per heavy atom. The van der Waals surface area contributed by atoms with E-state index in [-0.39, 0.29) is 12.1 Å². The molecule has 0 N–H and O–H groups in total. The van der Waals surface area contributed by atoms with E-state index in [0.29, 0.717) is 23.5 Å². The van der Waals surface area contributed by atoms with Crippen LogP contribution in [-0.4, -0.2) is 25.2 Å². The molecule has 3 aromatic rings. The van der Waals surface area contributed by atoms with Crippen LogP contribution in [0.3, 0.4) is 0 Å². The van der Waals surface area contributed by atoms with E-state index in [2.05, 4.69) is 0 Å². The monoisotopic (exact) mass is 378 g/mol. The molecule has 3 aromatic carbocycles. The molecule has 0 spiro atoms. The highest BCUT2D eigenvalue weighted by molar-refractivity contribution is 5.96. The zero-order chi connectivity index (χ0) is 20.1. The molecule has 0 unspecified atom stereocenters. The average molecular weight is 378 g/mol. The van der Waals surface area contributed by atoms with Crippen molar-refractivity contribution in [2.75, 3.05) is 7.11 Å². The predicted octanol–water partition coefficient (Wildman–Crippen LogP) is 4.77. The van der Waals surface area contributed by atoms with Crippen molar-refractivity contribution in [2.45, 2.75) is 26.6 Å². The minimum absolute atomic E-state index is 0.173. The van der Waals surface area contributed by atoms with Crippen molar-refractivity contribution in [1.29, 1.82) is 0 Å². The van der Waals surface area contributed by atoms with Crippen molar-refractivity contribution in [3.05, 3.63) is 77.4 Å². The highest BCUT2D eigenvalue weighted by Crippen LogP contribution is 2.23. The van der Waals surface area contributed by atoms with Crippen LogP contribution in [0.5, 0.6) is 5.75 Å². The largest absolute Gasteiger partial charge is 0.459 e. The summed E-state index contributed by atoms with van der Waals surface area (Å²) >= 11 is 0. The number of carbonyl (C=O) groups excluding carboxylic acids is 2. The first-order valence-corrected chi connectivity index (χ1v) is 9.01. The van der Waals surface area contributed by atoms with Crippen LogP contribution in [0, 0.1) is 0 Å². The number of carbonyl (C=O) groups is 2. The third-order valence-electron chi connectivity index (χ3n) is 4.10. The summed E-state index contributed by atoms with van der Waals surface area (Å²) in [5.41, 5.74) is 1.94. The second-order valence-corrected chi connectivity index (χ2v) is 6.70. The van der Waals surface area contributed by atoms with Gasteiger partial charge in [0.25, 0.3) is 0 Å². The van der Waals surface area contributed by atoms with Crippen molar-refractivity contribution in [1.82, 2.24) is 0 Å². The van der Waals surface area contributed by atoms with Gasteiger partial charge < -0.3 is 14.2 Å². The first-order chi connectivity index (χ1) is 13.5. The number of hydrogen-bond donors (Lipinski definition) is 0. The number of ether oxygens (including phenoxy) is 3. The number of rotatable bonds is 6. The standard InChI is InChI=1S/C23H22O5/c1-15(2)27-23(25)20-9-8-19-13-21(11-10-18(19)12-20)28-22(24)17-6-4-16(5-7-17)14-26-3/h4-13,15H,14H2,1-3H3. The van der Waals surface area contributed by atoms with Crippen LogP contribution in [0.25, 0.3) is 10.8 Å². The summed E-state index contributed by atoms with van der Waals surface area (Å²) in [4.78, 5) is 24.4. The molecule has 0 aliphatic heterocycles. The minimum atomic E-state index is -0.430. The fourth-order valence-electron chi connectivity index (χ4n) is 2.77. The zero-order valence-corrected chi connectivity index (χ0v) is 16.1. The fourth-order valence-corrected chi connectivity index (χ4v) is 2.77. The molecular formula is C23H22O5. The van der Waals surface area contributed by atoms with Crippen LogP contribution in [0.4, 0.5) is 0 Å². The van der Waals surface area contributed by atoms with Crippen LogP contribution in [0.15, 0.2) is 60.7 Å². The summed E-state index contributed by atoms with van der Waals surface area (Å²) in [6, 6.07) is 17.6. The van der Waals surface area contributed by atoms with Crippen LogP contribution in [0.1, 0.15) is 40.1 Å². The van der Waals surface area contributed by atoms with Gasteiger partial charge in [-0.25, -0.2) is 9.59 Å². The Kier molecular flexibility index (Phi) is 6.06. The van der Waals surface area contributed by atoms with Gasteiger partial charge in [-0.05, 0) is 66.6 Å². The van der Waals surface area contributed by atoms with Crippen LogP contribution < -0.4 is 4.74 Å². The second-order valence-electron chi connectivity index (χ2n) is 6.70. The van der Waals surface area contributed by atoms with Crippen molar-refractivity contribution in [2.24, 2.45) is 0 Å². The van der Waals surface area contributed by atoms with Crippen molar-refractivity contribution < 1.29 is 23.8 Å². The topological polar surface area (TPSA) is 61.8 Å². The van der Waals surface area contributed by atoms with Gasteiger partial charge in [0, 0.05) is 7.11 Å². The highest BCUT2D eigenvalue weighted by Gasteiger charge is 2.12. The summed E-state index contributed by atoms with van der Waals surface area (Å²) in [5, 5.41) is 1.73. The zero-order valence-electron chi connectivity index (χ0n) is 16.1. The molecule has 0 aliphatic carbocycles. The molecule has 0 aliphatic rings. The van der Waals surface area contributed by atoms with Gasteiger partial charge in [-0.15, -0.1) is 0 Å². The quantitative estimate of drug-likeness (QED) is 0.457. The summed E-state index contributed by atoms with van der Waals surface area (Å²) in [6.07, 6.45) is -0.173. The maximum atomic E-state index is 12.4. The molecule has 144 valence electrons. The third-order valence-corrected chi connectivity index (χ3v) is 4.10. The molecule has 28 heavy (non-hydrogen) atoms. The van der Waals surface area contributed by atoms with Gasteiger partial charge in [-0.3, -0.25) is 0 Å². The van der Waals surface area contributed by atoms with E-state index in [1.807, 2.05) is 38.1 Å². The molecule has 5 heteroatoms. The van der Waals surface area contributed by atoms with Crippen molar-refractivity contribution >= 4 is 22.7 Å². The Hall–Kier alpha value is -3.18. The predicted molar refractivity (Wildman–Crippen MR) is 107 cm³/mol. The maximum absolute atomic E-state index is 12.4. The van der Waals surface area contributed by atoms with E-state index >= 15 is 0 Å². The van der Waals surface area contributed by atoms with E-state index in [1.54, 1.807) is 43.5 Å². The summed E-state index contributed by atoms with van der Waals surface area (Å²) in [7, 11) is 1.62. The fraction of sp³-hybridized carbons (Fsp3) is 0.217. The molecule has 0 fully saturated rings. The normalized spacial score (nSPS) is 10.9. The number of benzene rings is 3. The molecule has 0 amide bonds. The van der Waals surface area contributed by atoms with Crippen LogP contribution in [-0.2, 0) is 16.1 Å². The molecule has 0 radical (unpaired) electrons. The lowest BCUT2D eigenvalue weighted by molar-refractivity contribution is 0.0378. The van der Waals surface area contributed by atoms with E-state index in [0.717, 1.165) is 16.3 Å². The molecule has 0 heterocycles. The maximum Gasteiger partial charge on any atom is 0.343 e. The van der Waals surface area contributed by atoms with Gasteiger partial charge >= 0.3 is 11.9 Å². The second kappa shape index (κ2) is 8.67. The van der Waals surface area contributed by atoms with E-state index in [1.165, 1.54) is 0 Å². The van der Waals surface area contributed by atoms with Gasteiger partial charge in [0.1, 0.15) is 5.75 Å². The average Bonchev–Trinajstić information content (AvgIpc) is 2.68. The lowest BCUT2D eigenvalue weighted by atomic mass is 10.1. The van der Waals surface area contributed by atoms with E-state index in [9.17, 15) is 9.59 Å². The van der Waals surface area contributed by atoms with Crippen LogP contribution >= 0.6 is 0 Å². The molecule has 0 bridgehead atoms. The minimum Gasteiger partial charge on any atom is -0.459 e. The molecule has 0 atom stereocenters. The smallest absolute Gasteiger partial charge is 0.343 e. The summed E-state index contributed by atoms with van der Waals surface area (Å²) in [5.74, 6) is -0.347. The first-order valence-electron chi connectivity index (χ1n) is 9.01. The number of esters is 2. The molecular weight excluding hydrogens is 356 g/mol. The Bertz CT molecular complexity index is 990. The first kappa shape index (κ1) is 19.6. The Morgan fingerprint density at radius 3 is 2.14 bits per heavy atom. The Labute approximate surface area is 163 Å². The number of methoxy groups -OCH3 is 1. The van der Waals surface area contributed by atoms with Gasteiger partial charge in [0.15, 0.2) is 0 Å². The Balaban J connectivity index is 1.75. The molecule has 3 rings (SSSR count). The van der Waals surface area contributed by atoms with E-state index < -0.39 is 5.97 Å². The molecule has 5 nitrogen and oxygen atoms in total. The van der Waals surface area contributed by atoms with Gasteiger partial charge in [-0.2, -0.15) is 0 Å². The lowest BCUT2D eigenvalue weighted by Crippen LogP contribution is -2.11. The third kappa shape index (κ3) is 4.75. The molecule has 0 saturated heterocycles. The van der Waals surface area contributed by atoms with E-state index in [4.69, 9.17) is 14.2 Å².